The highest BCUT2D eigenvalue weighted by Crippen LogP contribution is 2.28. The minimum absolute atomic E-state index is 0.304. The smallest absolute Gasteiger partial charge is 0.107 e. The number of benzene rings is 1. The number of nitrogens with one attached hydrogen (secondary N) is 1. The number of nitrogens with zero attached hydrogens (tertiary/aromatic N) is 1. The van der Waals surface area contributed by atoms with E-state index >= 15 is 0 Å². The number of hydrogen-bond donors (Lipinski definition) is 2. The molecule has 2 aromatic rings. The summed E-state index contributed by atoms with van der Waals surface area (Å²) < 4.78 is 0. The molecule has 0 fully saturated rings. The van der Waals surface area contributed by atoms with Crippen molar-refractivity contribution in [1.29, 1.82) is 0 Å². The fourth-order valence-electron chi connectivity index (χ4n) is 1.77. The van der Waals surface area contributed by atoms with E-state index in [1.54, 1.807) is 0 Å². The van der Waals surface area contributed by atoms with Gasteiger partial charge >= 0.3 is 0 Å². The lowest BCUT2D eigenvalue weighted by atomic mass is 9.80. The molecule has 0 saturated heterocycles. The third-order valence-corrected chi connectivity index (χ3v) is 3.53. The quantitative estimate of drug-likeness (QED) is 0.778. The van der Waals surface area contributed by atoms with E-state index in [2.05, 4.69) is 37.7 Å². The van der Waals surface area contributed by atoms with E-state index in [9.17, 15) is 0 Å². The first-order valence-electron chi connectivity index (χ1n) is 6.10. The Morgan fingerprint density at radius 3 is 2.71 bits per heavy atom. The zero-order valence-electron chi connectivity index (χ0n) is 11.0. The van der Waals surface area contributed by atoms with E-state index in [1.165, 1.54) is 0 Å². The van der Waals surface area contributed by atoms with Crippen molar-refractivity contribution in [3.05, 3.63) is 24.0 Å². The van der Waals surface area contributed by atoms with Gasteiger partial charge in [-0.05, 0) is 29.5 Å². The number of anilines is 1. The molecule has 0 aliphatic carbocycles. The molecule has 0 aliphatic rings. The highest BCUT2D eigenvalue weighted by atomic mass is 14.9. The van der Waals surface area contributed by atoms with E-state index in [4.69, 9.17) is 5.73 Å². The van der Waals surface area contributed by atoms with Gasteiger partial charge in [0, 0.05) is 12.1 Å². The zero-order valence-corrected chi connectivity index (χ0v) is 11.0. The van der Waals surface area contributed by atoms with Crippen molar-refractivity contribution in [2.24, 2.45) is 11.3 Å². The van der Waals surface area contributed by atoms with Gasteiger partial charge in [0.25, 0.3) is 0 Å². The van der Waals surface area contributed by atoms with Crippen molar-refractivity contribution < 1.29 is 0 Å². The number of hydrogen-bond acceptors (Lipinski definition) is 2. The fourth-order valence-corrected chi connectivity index (χ4v) is 1.77. The van der Waals surface area contributed by atoms with Gasteiger partial charge in [0.15, 0.2) is 0 Å². The molecule has 0 radical (unpaired) electrons. The van der Waals surface area contributed by atoms with E-state index in [0.29, 0.717) is 11.3 Å². The molecule has 3 heteroatoms. The lowest BCUT2D eigenvalue weighted by Gasteiger charge is -2.26. The van der Waals surface area contributed by atoms with Gasteiger partial charge in [0.2, 0.25) is 0 Å². The molecule has 1 aromatic heterocycles. The largest absolute Gasteiger partial charge is 0.399 e. The standard InChI is InChI=1S/C14H21N3/c1-9(14(2,3)4)7-13-16-11-6-5-10(15)8-12(11)17-13/h5-6,8-9H,7,15H2,1-4H3,(H,16,17). The SMILES string of the molecule is CC(Cc1nc2ccc(N)cc2[nH]1)C(C)(C)C. The van der Waals surface area contributed by atoms with E-state index in [-0.39, 0.29) is 0 Å². The van der Waals surface area contributed by atoms with Crippen molar-refractivity contribution in [2.75, 3.05) is 5.73 Å². The summed E-state index contributed by atoms with van der Waals surface area (Å²) in [6, 6.07) is 5.79. The molecule has 0 amide bonds. The lowest BCUT2D eigenvalue weighted by molar-refractivity contribution is 0.257. The Morgan fingerprint density at radius 1 is 1.35 bits per heavy atom. The highest BCUT2D eigenvalue weighted by Gasteiger charge is 2.21. The second-order valence-electron chi connectivity index (χ2n) is 5.93. The molecule has 0 aliphatic heterocycles. The molecule has 1 heterocycles. The second kappa shape index (κ2) is 4.06. The maximum atomic E-state index is 5.76. The van der Waals surface area contributed by atoms with Crippen LogP contribution in [0, 0.1) is 11.3 Å². The molecular formula is C14H21N3. The Hall–Kier alpha value is -1.51. The minimum atomic E-state index is 0.304. The van der Waals surface area contributed by atoms with Gasteiger partial charge in [0.1, 0.15) is 5.82 Å². The lowest BCUT2D eigenvalue weighted by Crippen LogP contribution is -2.19. The number of rotatable bonds is 2. The summed E-state index contributed by atoms with van der Waals surface area (Å²) in [5, 5.41) is 0. The van der Waals surface area contributed by atoms with Crippen LogP contribution in [0.4, 0.5) is 5.69 Å². The fraction of sp³-hybridized carbons (Fsp3) is 0.500. The zero-order chi connectivity index (χ0) is 12.6. The van der Waals surface area contributed by atoms with E-state index in [1.807, 2.05) is 18.2 Å². The first-order valence-corrected chi connectivity index (χ1v) is 6.10. The van der Waals surface area contributed by atoms with Crippen molar-refractivity contribution in [3.8, 4) is 0 Å². The van der Waals surface area contributed by atoms with Gasteiger partial charge in [-0.15, -0.1) is 0 Å². The maximum absolute atomic E-state index is 5.76. The van der Waals surface area contributed by atoms with Crippen LogP contribution in [0.15, 0.2) is 18.2 Å². The van der Waals surface area contributed by atoms with Crippen LogP contribution in [0.25, 0.3) is 11.0 Å². The van der Waals surface area contributed by atoms with Crippen LogP contribution in [-0.4, -0.2) is 9.97 Å². The number of imidazole rings is 1. The monoisotopic (exact) mass is 231 g/mol. The van der Waals surface area contributed by atoms with Gasteiger partial charge in [-0.1, -0.05) is 27.7 Å². The van der Waals surface area contributed by atoms with Crippen LogP contribution in [0.2, 0.25) is 0 Å². The van der Waals surface area contributed by atoms with E-state index < -0.39 is 0 Å². The molecule has 0 spiro atoms. The van der Waals surface area contributed by atoms with Crippen molar-refractivity contribution in [2.45, 2.75) is 34.1 Å². The Bertz CT molecular complexity index is 520. The molecule has 3 nitrogen and oxygen atoms in total. The molecule has 0 saturated carbocycles. The number of H-pyrrole nitrogens is 1. The first-order chi connectivity index (χ1) is 7.86. The van der Waals surface area contributed by atoms with Gasteiger partial charge in [-0.2, -0.15) is 0 Å². The minimum Gasteiger partial charge on any atom is -0.399 e. The molecule has 0 bridgehead atoms. The van der Waals surface area contributed by atoms with Gasteiger partial charge < -0.3 is 10.7 Å². The molecule has 2 rings (SSSR count). The Kier molecular flexibility index (Phi) is 2.86. The molecule has 3 N–H and O–H groups in total. The Labute approximate surface area is 102 Å². The third-order valence-electron chi connectivity index (χ3n) is 3.53. The second-order valence-corrected chi connectivity index (χ2v) is 5.93. The average Bonchev–Trinajstić information content (AvgIpc) is 2.57. The first kappa shape index (κ1) is 12.0. The summed E-state index contributed by atoms with van der Waals surface area (Å²) in [6.07, 6.45) is 0.970. The number of nitrogen functional groups attached to an aromatic ring is 1. The van der Waals surface area contributed by atoms with Crippen molar-refractivity contribution in [3.63, 3.8) is 0 Å². The van der Waals surface area contributed by atoms with Crippen LogP contribution in [0.3, 0.4) is 0 Å². The summed E-state index contributed by atoms with van der Waals surface area (Å²) in [7, 11) is 0. The molecule has 1 aromatic carbocycles. The summed E-state index contributed by atoms with van der Waals surface area (Å²) in [6.45, 7) is 9.05. The summed E-state index contributed by atoms with van der Waals surface area (Å²) in [5.74, 6) is 1.63. The number of nitrogens with two attached hydrogens (primary N) is 1. The molecule has 1 unspecified atom stereocenters. The normalized spacial score (nSPS) is 14.1. The van der Waals surface area contributed by atoms with Gasteiger partial charge in [-0.3, -0.25) is 0 Å². The molecule has 1 atom stereocenters. The van der Waals surface area contributed by atoms with Crippen LogP contribution >= 0.6 is 0 Å². The molecule has 92 valence electrons. The van der Waals surface area contributed by atoms with Crippen LogP contribution in [-0.2, 0) is 6.42 Å². The van der Waals surface area contributed by atoms with Crippen LogP contribution in [0.5, 0.6) is 0 Å². The third kappa shape index (κ3) is 2.60. The topological polar surface area (TPSA) is 54.7 Å². The predicted molar refractivity (Wildman–Crippen MR) is 72.8 cm³/mol. The molecule has 17 heavy (non-hydrogen) atoms. The number of aromatic nitrogens is 2. The maximum Gasteiger partial charge on any atom is 0.107 e. The number of aromatic amines is 1. The summed E-state index contributed by atoms with van der Waals surface area (Å²) >= 11 is 0. The van der Waals surface area contributed by atoms with E-state index in [0.717, 1.165) is 29.0 Å². The highest BCUT2D eigenvalue weighted by molar-refractivity contribution is 5.78. The Balaban J connectivity index is 2.25. The summed E-state index contributed by atoms with van der Waals surface area (Å²) in [5.41, 5.74) is 8.86. The summed E-state index contributed by atoms with van der Waals surface area (Å²) in [4.78, 5) is 7.94. The van der Waals surface area contributed by atoms with Gasteiger partial charge in [0.05, 0.1) is 11.0 Å². The Morgan fingerprint density at radius 2 is 2.06 bits per heavy atom. The predicted octanol–water partition coefficient (Wildman–Crippen LogP) is 3.37. The molecular weight excluding hydrogens is 210 g/mol. The average molecular weight is 231 g/mol. The van der Waals surface area contributed by atoms with Crippen molar-refractivity contribution >= 4 is 16.7 Å². The van der Waals surface area contributed by atoms with Gasteiger partial charge in [-0.25, -0.2) is 4.98 Å². The van der Waals surface area contributed by atoms with Crippen LogP contribution < -0.4 is 5.73 Å². The van der Waals surface area contributed by atoms with Crippen molar-refractivity contribution in [1.82, 2.24) is 9.97 Å². The van der Waals surface area contributed by atoms with Crippen LogP contribution in [0.1, 0.15) is 33.5 Å². The number of fused-ring (bicyclic) bond motifs is 1.